The van der Waals surface area contributed by atoms with Gasteiger partial charge in [0, 0.05) is 42.1 Å². The average molecular weight is 553 g/mol. The van der Waals surface area contributed by atoms with Crippen LogP contribution in [-0.2, 0) is 19.9 Å². The Bertz CT molecular complexity index is 2010. The van der Waals surface area contributed by atoms with E-state index in [-0.39, 0.29) is 6.61 Å². The van der Waals surface area contributed by atoms with Crippen molar-refractivity contribution in [1.82, 2.24) is 19.4 Å². The monoisotopic (exact) mass is 552 g/mol. The number of rotatable bonds is 3. The first-order chi connectivity index (χ1) is 19.8. The first-order valence-electron chi connectivity index (χ1n) is 13.8. The van der Waals surface area contributed by atoms with Crippen molar-refractivity contribution in [1.29, 1.82) is 0 Å². The molecule has 5 aromatic rings. The van der Waals surface area contributed by atoms with E-state index in [2.05, 4.69) is 14.5 Å². The van der Waals surface area contributed by atoms with Gasteiger partial charge in [0.05, 0.1) is 45.8 Å². The van der Waals surface area contributed by atoms with Crippen LogP contribution in [0.5, 0.6) is 0 Å². The number of carbonyl (C=O) groups excluding carboxylic acids is 3. The summed E-state index contributed by atoms with van der Waals surface area (Å²) in [6.45, 7) is 4.01. The normalized spacial score (nSPS) is 24.8. The van der Waals surface area contributed by atoms with Gasteiger partial charge in [0.2, 0.25) is 0 Å². The van der Waals surface area contributed by atoms with Crippen LogP contribution in [0, 0.1) is 0 Å². The summed E-state index contributed by atoms with van der Waals surface area (Å²) in [7, 11) is 3.35. The van der Waals surface area contributed by atoms with E-state index in [0.29, 0.717) is 22.9 Å². The van der Waals surface area contributed by atoms with Gasteiger partial charge >= 0.3 is 6.09 Å². The largest absolute Gasteiger partial charge is 0.450 e. The predicted octanol–water partition coefficient (Wildman–Crippen LogP) is 4.86. The number of methoxy groups -OCH3 is 1. The van der Waals surface area contributed by atoms with Crippen molar-refractivity contribution >= 4 is 61.5 Å². The van der Waals surface area contributed by atoms with E-state index in [1.165, 1.54) is 0 Å². The predicted molar refractivity (Wildman–Crippen MR) is 152 cm³/mol. The van der Waals surface area contributed by atoms with Crippen molar-refractivity contribution in [2.75, 3.05) is 20.8 Å². The lowest BCUT2D eigenvalue weighted by Gasteiger charge is -2.50. The number of para-hydroxylation sites is 2. The molecular weight excluding hydrogens is 524 g/mol. The Kier molecular flexibility index (Phi) is 4.81. The highest BCUT2D eigenvalue weighted by Gasteiger charge is 2.55. The van der Waals surface area contributed by atoms with Gasteiger partial charge in [-0.05, 0) is 26.0 Å². The molecule has 4 atom stereocenters. The minimum atomic E-state index is -1.11. The number of nitrogens with one attached hydrogen (secondary N) is 1. The number of amides is 3. The molecule has 8 rings (SSSR count). The third-order valence-electron chi connectivity index (χ3n) is 9.18. The van der Waals surface area contributed by atoms with Crippen LogP contribution in [0.15, 0.2) is 48.5 Å². The smallest absolute Gasteiger partial charge is 0.409 e. The summed E-state index contributed by atoms with van der Waals surface area (Å²) in [5, 5.41) is 5.69. The number of aromatic nitrogens is 2. The summed E-state index contributed by atoms with van der Waals surface area (Å²) < 4.78 is 22.9. The molecular formula is C31H28N4O6. The van der Waals surface area contributed by atoms with E-state index >= 15 is 0 Å². The minimum Gasteiger partial charge on any atom is -0.450 e. The molecule has 3 aromatic carbocycles. The van der Waals surface area contributed by atoms with Crippen molar-refractivity contribution in [2.45, 2.75) is 44.4 Å². The van der Waals surface area contributed by atoms with E-state index in [1.807, 2.05) is 55.5 Å². The second-order valence-corrected chi connectivity index (χ2v) is 11.1. The fourth-order valence-electron chi connectivity index (χ4n) is 7.67. The van der Waals surface area contributed by atoms with Crippen molar-refractivity contribution in [3.05, 3.63) is 59.7 Å². The zero-order chi connectivity index (χ0) is 28.4. The standard InChI is InChI=1S/C31H28N4O6/c1-5-40-30(38)33(3)19-14-20-34-17-12-8-6-10-15(17)21-23-24(29(37)32-28(23)36)22-16-11-7-9-13-18(16)35(26(22)25(21)34)31(2,41-20)27(19)39-4/h6-13,19-20,27H,5,14H2,1-4H3,(H,32,36,37). The first-order valence-corrected chi connectivity index (χ1v) is 13.8. The molecule has 0 spiro atoms. The van der Waals surface area contributed by atoms with Crippen LogP contribution in [0.25, 0.3) is 43.6 Å². The van der Waals surface area contributed by atoms with Crippen molar-refractivity contribution in [3.8, 4) is 0 Å². The molecule has 0 radical (unpaired) electrons. The van der Waals surface area contributed by atoms with E-state index < -0.39 is 42.0 Å². The highest BCUT2D eigenvalue weighted by molar-refractivity contribution is 6.39. The molecule has 4 unspecified atom stereocenters. The fraction of sp³-hybridized carbons (Fsp3) is 0.323. The zero-order valence-electron chi connectivity index (χ0n) is 23.1. The number of nitrogens with zero attached hydrogens (tertiary/aromatic N) is 3. The third kappa shape index (κ3) is 2.81. The molecule has 2 bridgehead atoms. The van der Waals surface area contributed by atoms with Crippen LogP contribution in [-0.4, -0.2) is 64.9 Å². The van der Waals surface area contributed by atoms with E-state index in [4.69, 9.17) is 14.2 Å². The molecule has 1 N–H and O–H groups in total. The van der Waals surface area contributed by atoms with Crippen molar-refractivity contribution in [3.63, 3.8) is 0 Å². The first kappa shape index (κ1) is 24.4. The van der Waals surface area contributed by atoms with Gasteiger partial charge in [0.1, 0.15) is 12.3 Å². The maximum absolute atomic E-state index is 13.5. The van der Waals surface area contributed by atoms with Crippen LogP contribution >= 0.6 is 0 Å². The molecule has 3 aliphatic rings. The van der Waals surface area contributed by atoms with Crippen molar-refractivity contribution < 1.29 is 28.6 Å². The van der Waals surface area contributed by atoms with Crippen LogP contribution in [0.3, 0.4) is 0 Å². The molecule has 10 heteroatoms. The summed E-state index contributed by atoms with van der Waals surface area (Å²) in [5.41, 5.74) is 3.00. The molecule has 0 saturated carbocycles. The van der Waals surface area contributed by atoms with E-state index in [9.17, 15) is 14.4 Å². The SMILES string of the molecule is CCOC(=O)N(C)C1CC2OC(C)(C1OC)n1c3ccccc3c3c4c(c5c6ccccc6n2c5c31)C(=O)NC4=O. The van der Waals surface area contributed by atoms with Crippen LogP contribution < -0.4 is 5.32 Å². The number of carbonyl (C=O) groups is 3. The zero-order valence-corrected chi connectivity index (χ0v) is 23.1. The average Bonchev–Trinajstić information content (AvgIpc) is 3.57. The van der Waals surface area contributed by atoms with Gasteiger partial charge in [-0.2, -0.15) is 0 Å². The molecule has 5 heterocycles. The Balaban J connectivity index is 1.60. The Morgan fingerprint density at radius 1 is 1.02 bits per heavy atom. The third-order valence-corrected chi connectivity index (χ3v) is 9.18. The summed E-state index contributed by atoms with van der Waals surface area (Å²) >= 11 is 0. The van der Waals surface area contributed by atoms with Gasteiger partial charge in [-0.15, -0.1) is 0 Å². The number of hydrogen-bond donors (Lipinski definition) is 1. The maximum Gasteiger partial charge on any atom is 0.409 e. The van der Waals surface area contributed by atoms with Gasteiger partial charge in [0.25, 0.3) is 11.8 Å². The molecule has 2 aromatic heterocycles. The lowest BCUT2D eigenvalue weighted by molar-refractivity contribution is -0.265. The Morgan fingerprint density at radius 2 is 1.63 bits per heavy atom. The van der Waals surface area contributed by atoms with Crippen LogP contribution in [0.1, 0.15) is 47.2 Å². The molecule has 1 fully saturated rings. The molecule has 3 aliphatic heterocycles. The lowest BCUT2D eigenvalue weighted by Crippen LogP contribution is -2.61. The van der Waals surface area contributed by atoms with Gasteiger partial charge in [-0.3, -0.25) is 14.9 Å². The van der Waals surface area contributed by atoms with Crippen molar-refractivity contribution in [2.24, 2.45) is 0 Å². The number of hydrogen-bond acceptors (Lipinski definition) is 6. The summed E-state index contributed by atoms with van der Waals surface area (Å²) in [6.07, 6.45) is -1.13. The highest BCUT2D eigenvalue weighted by atomic mass is 16.6. The molecule has 1 saturated heterocycles. The van der Waals surface area contributed by atoms with Crippen LogP contribution in [0.4, 0.5) is 4.79 Å². The van der Waals surface area contributed by atoms with Gasteiger partial charge < -0.3 is 28.2 Å². The molecule has 208 valence electrons. The summed E-state index contributed by atoms with van der Waals surface area (Å²) in [4.78, 5) is 41.6. The Morgan fingerprint density at radius 3 is 2.29 bits per heavy atom. The second-order valence-electron chi connectivity index (χ2n) is 11.1. The quantitative estimate of drug-likeness (QED) is 0.321. The van der Waals surface area contributed by atoms with Gasteiger partial charge in [-0.25, -0.2) is 4.79 Å². The molecule has 3 amide bonds. The number of fused-ring (bicyclic) bond motifs is 13. The number of likely N-dealkylation sites (N-methyl/N-ethyl adjacent to an activating group) is 1. The number of benzene rings is 3. The fourth-order valence-corrected chi connectivity index (χ4v) is 7.67. The lowest BCUT2D eigenvalue weighted by atomic mass is 9.92. The van der Waals surface area contributed by atoms with Gasteiger partial charge in [-0.1, -0.05) is 36.4 Å². The summed E-state index contributed by atoms with van der Waals surface area (Å²) in [6, 6.07) is 15.3. The minimum absolute atomic E-state index is 0.254. The topological polar surface area (TPSA) is 104 Å². The van der Waals surface area contributed by atoms with Crippen LogP contribution in [0.2, 0.25) is 0 Å². The van der Waals surface area contributed by atoms with E-state index in [0.717, 1.165) is 38.2 Å². The molecule has 0 aliphatic carbocycles. The summed E-state index contributed by atoms with van der Waals surface area (Å²) in [5.74, 6) is -0.811. The molecule has 41 heavy (non-hydrogen) atoms. The van der Waals surface area contributed by atoms with Gasteiger partial charge in [0.15, 0.2) is 5.72 Å². The Labute approximate surface area is 234 Å². The number of imide groups is 1. The second kappa shape index (κ2) is 8.08. The van der Waals surface area contributed by atoms with E-state index in [1.54, 1.807) is 26.0 Å². The maximum atomic E-state index is 13.5. The Hall–Kier alpha value is -4.41. The molecule has 10 nitrogen and oxygen atoms in total. The number of ether oxygens (including phenoxy) is 3. The highest BCUT2D eigenvalue weighted by Crippen LogP contribution is 2.54.